The van der Waals surface area contributed by atoms with Gasteiger partial charge in [0.2, 0.25) is 5.95 Å². The Morgan fingerprint density at radius 3 is 1.83 bits per heavy atom. The minimum Gasteiger partial charge on any atom is -0.455 e. The monoisotopic (exact) mass is 909 g/mol. The molecular formula is C63H35N5OS. The van der Waals surface area contributed by atoms with Crippen molar-refractivity contribution in [2.24, 2.45) is 0 Å². The van der Waals surface area contributed by atoms with Crippen molar-refractivity contribution in [2.45, 2.75) is 0 Å². The summed E-state index contributed by atoms with van der Waals surface area (Å²) in [6, 6.07) is 76.2. The van der Waals surface area contributed by atoms with Gasteiger partial charge in [0.05, 0.1) is 27.6 Å². The third-order valence-electron chi connectivity index (χ3n) is 14.5. The molecule has 0 aliphatic carbocycles. The highest BCUT2D eigenvalue weighted by atomic mass is 32.1. The van der Waals surface area contributed by atoms with E-state index < -0.39 is 0 Å². The van der Waals surface area contributed by atoms with E-state index in [1.165, 1.54) is 53.3 Å². The Hall–Kier alpha value is -9.17. The Morgan fingerprint density at radius 1 is 0.371 bits per heavy atom. The number of hydrogen-bond donors (Lipinski definition) is 0. The first-order valence-corrected chi connectivity index (χ1v) is 24.4. The van der Waals surface area contributed by atoms with Gasteiger partial charge in [0.25, 0.3) is 0 Å². The third-order valence-corrected chi connectivity index (χ3v) is 15.7. The Labute approximate surface area is 402 Å². The molecule has 70 heavy (non-hydrogen) atoms. The Kier molecular flexibility index (Phi) is 7.67. The standard InChI is InChI=1S/C63H35N5OS/c1-2-16-38-35-54-50(33-37(38)15-1)46-30-28-36-14-3-4-17-42(36)58(46)67(54)40-29-31-41-39(32-40)34-51(59-57(41)48-21-7-11-26-55(48)69-59)62-64-61(49-23-13-22-47-45-20-8-12-27-56(45)70-60(47)49)65-63(66-62)68-52-24-9-5-18-43(52)44-19-6-10-25-53(44)68/h1-35H. The number of benzene rings is 11. The van der Waals surface area contributed by atoms with Gasteiger partial charge in [-0.2, -0.15) is 9.97 Å². The van der Waals surface area contributed by atoms with Crippen LogP contribution in [0.4, 0.5) is 0 Å². The lowest BCUT2D eigenvalue weighted by atomic mass is 9.99. The van der Waals surface area contributed by atoms with E-state index in [1.807, 2.05) is 6.07 Å². The zero-order valence-corrected chi connectivity index (χ0v) is 38.1. The molecule has 324 valence electrons. The lowest BCUT2D eigenvalue weighted by molar-refractivity contribution is 0.669. The smallest absolute Gasteiger partial charge is 0.238 e. The molecule has 0 spiro atoms. The van der Waals surface area contributed by atoms with Crippen LogP contribution < -0.4 is 0 Å². The number of rotatable bonds is 4. The van der Waals surface area contributed by atoms with Crippen LogP contribution in [-0.2, 0) is 0 Å². The van der Waals surface area contributed by atoms with Crippen LogP contribution in [0.3, 0.4) is 0 Å². The number of para-hydroxylation sites is 3. The lowest BCUT2D eigenvalue weighted by Crippen LogP contribution is -2.06. The second-order valence-corrected chi connectivity index (χ2v) is 19.4. The summed E-state index contributed by atoms with van der Waals surface area (Å²) in [5.74, 6) is 1.67. The minimum atomic E-state index is 0.533. The maximum absolute atomic E-state index is 6.97. The molecule has 0 aliphatic rings. The zero-order chi connectivity index (χ0) is 45.6. The Balaban J connectivity index is 1.02. The van der Waals surface area contributed by atoms with E-state index in [1.54, 1.807) is 11.3 Å². The topological polar surface area (TPSA) is 61.7 Å². The van der Waals surface area contributed by atoms with Crippen molar-refractivity contribution < 1.29 is 4.42 Å². The number of thiophene rings is 1. The van der Waals surface area contributed by atoms with Crippen LogP contribution in [0, 0.1) is 0 Å². The molecule has 5 heterocycles. The van der Waals surface area contributed by atoms with Gasteiger partial charge in [0.1, 0.15) is 11.2 Å². The first kappa shape index (κ1) is 37.9. The number of aromatic nitrogens is 5. The Morgan fingerprint density at radius 2 is 1.01 bits per heavy atom. The van der Waals surface area contributed by atoms with E-state index in [4.69, 9.17) is 19.4 Å². The maximum atomic E-state index is 6.97. The summed E-state index contributed by atoms with van der Waals surface area (Å²) >= 11 is 1.78. The fourth-order valence-electron chi connectivity index (χ4n) is 11.4. The van der Waals surface area contributed by atoms with Crippen molar-refractivity contribution >= 4 is 129 Å². The SMILES string of the molecule is c1ccc2cc3c(cc2c1)c1ccc2ccccc2c1n3-c1ccc2c(c1)cc(-c1nc(-c3cccc4c3sc3ccccc34)nc(-n3c4ccccc4c4ccccc43)n1)c1oc3ccccc3c12. The summed E-state index contributed by atoms with van der Waals surface area (Å²) in [5.41, 5.74) is 8.76. The van der Waals surface area contributed by atoms with Crippen molar-refractivity contribution in [1.29, 1.82) is 0 Å². The van der Waals surface area contributed by atoms with Crippen molar-refractivity contribution in [3.63, 3.8) is 0 Å². The fraction of sp³-hybridized carbons (Fsp3) is 0. The van der Waals surface area contributed by atoms with Crippen molar-refractivity contribution in [1.82, 2.24) is 24.1 Å². The molecule has 16 rings (SSSR count). The largest absolute Gasteiger partial charge is 0.455 e. The average Bonchev–Trinajstić information content (AvgIpc) is 4.18. The summed E-state index contributed by atoms with van der Waals surface area (Å²) in [7, 11) is 0. The van der Waals surface area contributed by atoms with Crippen LogP contribution >= 0.6 is 11.3 Å². The first-order chi connectivity index (χ1) is 34.7. The maximum Gasteiger partial charge on any atom is 0.238 e. The summed E-state index contributed by atoms with van der Waals surface area (Å²) in [5, 5.41) is 16.2. The van der Waals surface area contributed by atoms with Gasteiger partial charge in [-0.1, -0.05) is 152 Å². The molecule has 5 aromatic heterocycles. The zero-order valence-electron chi connectivity index (χ0n) is 37.3. The molecule has 0 bridgehead atoms. The van der Waals surface area contributed by atoms with E-state index in [0.29, 0.717) is 17.6 Å². The molecule has 0 amide bonds. The van der Waals surface area contributed by atoms with Crippen LogP contribution in [0.25, 0.3) is 152 Å². The van der Waals surface area contributed by atoms with Crippen LogP contribution in [-0.4, -0.2) is 24.1 Å². The lowest BCUT2D eigenvalue weighted by Gasteiger charge is -2.14. The second-order valence-electron chi connectivity index (χ2n) is 18.3. The van der Waals surface area contributed by atoms with Gasteiger partial charge in [0.15, 0.2) is 11.6 Å². The number of fused-ring (bicyclic) bond motifs is 17. The van der Waals surface area contributed by atoms with Crippen molar-refractivity contribution in [3.05, 3.63) is 212 Å². The molecule has 6 nitrogen and oxygen atoms in total. The van der Waals surface area contributed by atoms with Crippen LogP contribution in [0.15, 0.2) is 217 Å². The first-order valence-electron chi connectivity index (χ1n) is 23.6. The van der Waals surface area contributed by atoms with E-state index in [0.717, 1.165) is 81.5 Å². The van der Waals surface area contributed by atoms with Gasteiger partial charge in [-0.25, -0.2) is 4.98 Å². The van der Waals surface area contributed by atoms with Gasteiger partial charge in [-0.15, -0.1) is 11.3 Å². The molecule has 0 N–H and O–H groups in total. The molecule has 0 saturated carbocycles. The summed E-state index contributed by atoms with van der Waals surface area (Å²) < 4.78 is 14.0. The fourth-order valence-corrected chi connectivity index (χ4v) is 12.6. The van der Waals surface area contributed by atoms with Crippen LogP contribution in [0.1, 0.15) is 0 Å². The number of nitrogens with zero attached hydrogens (tertiary/aromatic N) is 5. The highest BCUT2D eigenvalue weighted by Crippen LogP contribution is 2.45. The van der Waals surface area contributed by atoms with Crippen LogP contribution in [0.5, 0.6) is 0 Å². The second kappa shape index (κ2) is 14.2. The highest BCUT2D eigenvalue weighted by molar-refractivity contribution is 7.26. The van der Waals surface area contributed by atoms with Gasteiger partial charge in [-0.05, 0) is 87.6 Å². The highest BCUT2D eigenvalue weighted by Gasteiger charge is 2.24. The van der Waals surface area contributed by atoms with E-state index in [-0.39, 0.29) is 0 Å². The number of furan rings is 1. The molecule has 7 heteroatoms. The summed E-state index contributed by atoms with van der Waals surface area (Å²) in [6.45, 7) is 0. The molecule has 0 saturated heterocycles. The molecule has 11 aromatic carbocycles. The summed E-state index contributed by atoms with van der Waals surface area (Å²) in [6.07, 6.45) is 0. The molecular weight excluding hydrogens is 875 g/mol. The van der Waals surface area contributed by atoms with Gasteiger partial charge < -0.3 is 8.98 Å². The van der Waals surface area contributed by atoms with E-state index in [2.05, 4.69) is 215 Å². The average molecular weight is 910 g/mol. The van der Waals surface area contributed by atoms with Crippen molar-refractivity contribution in [3.8, 4) is 34.4 Å². The van der Waals surface area contributed by atoms with Gasteiger partial charge in [0, 0.05) is 69.1 Å². The molecule has 16 aromatic rings. The van der Waals surface area contributed by atoms with Crippen molar-refractivity contribution in [2.75, 3.05) is 0 Å². The third kappa shape index (κ3) is 5.29. The number of hydrogen-bond acceptors (Lipinski definition) is 5. The van der Waals surface area contributed by atoms with Gasteiger partial charge in [-0.3, -0.25) is 4.57 Å². The predicted octanol–water partition coefficient (Wildman–Crippen LogP) is 17.1. The molecule has 0 unspecified atom stereocenters. The van der Waals surface area contributed by atoms with E-state index in [9.17, 15) is 0 Å². The Bertz CT molecular complexity index is 4860. The van der Waals surface area contributed by atoms with Gasteiger partial charge >= 0.3 is 0 Å². The molecule has 0 atom stereocenters. The summed E-state index contributed by atoms with van der Waals surface area (Å²) in [4.78, 5) is 16.5. The van der Waals surface area contributed by atoms with Crippen LogP contribution in [0.2, 0.25) is 0 Å². The minimum absolute atomic E-state index is 0.533. The molecule has 0 fully saturated rings. The van der Waals surface area contributed by atoms with E-state index >= 15 is 0 Å². The molecule has 0 radical (unpaired) electrons. The normalized spacial score (nSPS) is 12.3. The molecule has 0 aliphatic heterocycles. The quantitative estimate of drug-likeness (QED) is 0.176. The predicted molar refractivity (Wildman–Crippen MR) is 292 cm³/mol.